The Hall–Kier alpha value is -0.470. The molecule has 0 spiro atoms. The van der Waals surface area contributed by atoms with Gasteiger partial charge in [-0.25, -0.2) is 4.98 Å². The first-order chi connectivity index (χ1) is 4.30. The lowest BCUT2D eigenvalue weighted by Gasteiger charge is -2.08. The molecule has 0 aromatic carbocycles. The van der Waals surface area contributed by atoms with Gasteiger partial charge in [0.05, 0.1) is 0 Å². The molecule has 0 unspecified atom stereocenters. The van der Waals surface area contributed by atoms with Gasteiger partial charge in [-0.05, 0) is 12.1 Å². The third-order valence-electron chi connectivity index (χ3n) is 1.11. The smallest absolute Gasteiger partial charge is 0.127 e. The van der Waals surface area contributed by atoms with E-state index in [1.807, 2.05) is 37.2 Å². The lowest BCUT2D eigenvalue weighted by molar-refractivity contribution is 1.07. The average Bonchev–Trinajstić information content (AvgIpc) is 1.90. The van der Waals surface area contributed by atoms with Crippen molar-refractivity contribution in [3.8, 4) is 0 Å². The molecule has 11 heavy (non-hydrogen) atoms. The number of hydrogen-bond donors (Lipinski definition) is 0. The highest BCUT2D eigenvalue weighted by atomic mass is 35.5. The third kappa shape index (κ3) is 4.06. The molecule has 0 bridgehead atoms. The Morgan fingerprint density at radius 2 is 1.82 bits per heavy atom. The largest absolute Gasteiger partial charge is 0.363 e. The highest BCUT2D eigenvalue weighted by molar-refractivity contribution is 5.85. The van der Waals surface area contributed by atoms with Crippen molar-refractivity contribution < 1.29 is 0 Å². The SMILES string of the molecule is CN(C)c1ccccn1.Cl.Cl. The van der Waals surface area contributed by atoms with Crippen LogP contribution in [0.2, 0.25) is 0 Å². The molecule has 0 aliphatic heterocycles. The maximum absolute atomic E-state index is 4.10. The average molecular weight is 195 g/mol. The highest BCUT2D eigenvalue weighted by Gasteiger charge is 1.89. The first kappa shape index (κ1) is 13.1. The van der Waals surface area contributed by atoms with E-state index >= 15 is 0 Å². The summed E-state index contributed by atoms with van der Waals surface area (Å²) < 4.78 is 0. The summed E-state index contributed by atoms with van der Waals surface area (Å²) in [6.45, 7) is 0. The minimum absolute atomic E-state index is 0. The van der Waals surface area contributed by atoms with Crippen molar-refractivity contribution in [1.82, 2.24) is 4.98 Å². The van der Waals surface area contributed by atoms with E-state index in [-0.39, 0.29) is 24.8 Å². The van der Waals surface area contributed by atoms with E-state index in [0.717, 1.165) is 5.82 Å². The van der Waals surface area contributed by atoms with Crippen molar-refractivity contribution in [3.63, 3.8) is 0 Å². The van der Waals surface area contributed by atoms with E-state index in [1.54, 1.807) is 6.20 Å². The second-order valence-electron chi connectivity index (χ2n) is 2.08. The van der Waals surface area contributed by atoms with Gasteiger partial charge in [0, 0.05) is 20.3 Å². The van der Waals surface area contributed by atoms with Crippen LogP contribution in [-0.2, 0) is 0 Å². The summed E-state index contributed by atoms with van der Waals surface area (Å²) in [5, 5.41) is 0. The third-order valence-corrected chi connectivity index (χ3v) is 1.11. The summed E-state index contributed by atoms with van der Waals surface area (Å²) in [7, 11) is 3.95. The van der Waals surface area contributed by atoms with Crippen molar-refractivity contribution >= 4 is 30.6 Å². The molecule has 4 heteroatoms. The van der Waals surface area contributed by atoms with Crippen molar-refractivity contribution in [1.29, 1.82) is 0 Å². The van der Waals surface area contributed by atoms with Gasteiger partial charge in [0.2, 0.25) is 0 Å². The molecular weight excluding hydrogens is 183 g/mol. The molecule has 0 radical (unpaired) electrons. The Balaban J connectivity index is 0. The zero-order chi connectivity index (χ0) is 6.69. The highest BCUT2D eigenvalue weighted by Crippen LogP contribution is 2.02. The lowest BCUT2D eigenvalue weighted by Crippen LogP contribution is -2.09. The van der Waals surface area contributed by atoms with E-state index < -0.39 is 0 Å². The van der Waals surface area contributed by atoms with Gasteiger partial charge in [-0.15, -0.1) is 24.8 Å². The Morgan fingerprint density at radius 1 is 1.18 bits per heavy atom. The van der Waals surface area contributed by atoms with Crippen LogP contribution in [0.5, 0.6) is 0 Å². The van der Waals surface area contributed by atoms with Gasteiger partial charge in [-0.2, -0.15) is 0 Å². The zero-order valence-electron chi connectivity index (χ0n) is 6.52. The predicted octanol–water partition coefficient (Wildman–Crippen LogP) is 1.99. The molecule has 0 fully saturated rings. The Morgan fingerprint density at radius 3 is 2.09 bits per heavy atom. The van der Waals surface area contributed by atoms with Gasteiger partial charge in [-0.3, -0.25) is 0 Å². The quantitative estimate of drug-likeness (QED) is 0.681. The summed E-state index contributed by atoms with van der Waals surface area (Å²) in [5.74, 6) is 0.998. The maximum Gasteiger partial charge on any atom is 0.127 e. The van der Waals surface area contributed by atoms with Gasteiger partial charge in [-0.1, -0.05) is 6.07 Å². The molecule has 0 atom stereocenters. The standard InChI is InChI=1S/C7H10N2.2ClH/c1-9(2)7-5-3-4-6-8-7;;/h3-6H,1-2H3;2*1H. The van der Waals surface area contributed by atoms with E-state index in [4.69, 9.17) is 0 Å². The van der Waals surface area contributed by atoms with Gasteiger partial charge in [0.15, 0.2) is 0 Å². The molecule has 1 heterocycles. The van der Waals surface area contributed by atoms with Crippen LogP contribution in [0.15, 0.2) is 24.4 Å². The molecule has 1 aromatic heterocycles. The second kappa shape index (κ2) is 6.25. The fourth-order valence-corrected chi connectivity index (χ4v) is 0.618. The molecule has 0 saturated carbocycles. The number of hydrogen-bond acceptors (Lipinski definition) is 2. The number of nitrogens with zero attached hydrogens (tertiary/aromatic N) is 2. The Bertz CT molecular complexity index is 177. The number of anilines is 1. The van der Waals surface area contributed by atoms with Crippen LogP contribution in [0.25, 0.3) is 0 Å². The number of aromatic nitrogens is 1. The summed E-state index contributed by atoms with van der Waals surface area (Å²) in [5.41, 5.74) is 0. The first-order valence-corrected chi connectivity index (χ1v) is 2.89. The normalized spacial score (nSPS) is 7.45. The van der Waals surface area contributed by atoms with Gasteiger partial charge >= 0.3 is 0 Å². The van der Waals surface area contributed by atoms with Crippen LogP contribution in [0, 0.1) is 0 Å². The van der Waals surface area contributed by atoms with Crippen LogP contribution >= 0.6 is 24.8 Å². The predicted molar refractivity (Wildman–Crippen MR) is 53.1 cm³/mol. The Kier molecular flexibility index (Phi) is 7.47. The number of rotatable bonds is 1. The van der Waals surface area contributed by atoms with Crippen molar-refractivity contribution in [2.24, 2.45) is 0 Å². The second-order valence-corrected chi connectivity index (χ2v) is 2.08. The topological polar surface area (TPSA) is 16.1 Å². The molecule has 64 valence electrons. The molecule has 2 nitrogen and oxygen atoms in total. The fraction of sp³-hybridized carbons (Fsp3) is 0.286. The van der Waals surface area contributed by atoms with E-state index in [9.17, 15) is 0 Å². The van der Waals surface area contributed by atoms with Crippen LogP contribution in [0.4, 0.5) is 5.82 Å². The summed E-state index contributed by atoms with van der Waals surface area (Å²) in [6, 6.07) is 5.86. The molecule has 0 saturated heterocycles. The summed E-state index contributed by atoms with van der Waals surface area (Å²) in [4.78, 5) is 6.08. The molecule has 1 aromatic rings. The van der Waals surface area contributed by atoms with Crippen LogP contribution in [-0.4, -0.2) is 19.1 Å². The monoisotopic (exact) mass is 194 g/mol. The van der Waals surface area contributed by atoms with E-state index in [0.29, 0.717) is 0 Å². The van der Waals surface area contributed by atoms with Crippen LogP contribution in [0.1, 0.15) is 0 Å². The van der Waals surface area contributed by atoms with Gasteiger partial charge < -0.3 is 4.90 Å². The molecular formula is C7H12Cl2N2. The molecule has 0 amide bonds. The Labute approximate surface area is 79.4 Å². The van der Waals surface area contributed by atoms with Crippen LogP contribution < -0.4 is 4.90 Å². The zero-order valence-corrected chi connectivity index (χ0v) is 8.15. The molecule has 0 aliphatic carbocycles. The number of pyridine rings is 1. The molecule has 0 N–H and O–H groups in total. The van der Waals surface area contributed by atoms with Crippen molar-refractivity contribution in [2.45, 2.75) is 0 Å². The molecule has 0 aliphatic rings. The number of halogens is 2. The van der Waals surface area contributed by atoms with Crippen molar-refractivity contribution in [2.75, 3.05) is 19.0 Å². The summed E-state index contributed by atoms with van der Waals surface area (Å²) >= 11 is 0. The first-order valence-electron chi connectivity index (χ1n) is 2.89. The minimum atomic E-state index is 0. The van der Waals surface area contributed by atoms with E-state index in [2.05, 4.69) is 4.98 Å². The van der Waals surface area contributed by atoms with Crippen molar-refractivity contribution in [3.05, 3.63) is 24.4 Å². The lowest BCUT2D eigenvalue weighted by atomic mass is 10.4. The minimum Gasteiger partial charge on any atom is -0.363 e. The summed E-state index contributed by atoms with van der Waals surface area (Å²) in [6.07, 6.45) is 1.79. The van der Waals surface area contributed by atoms with Gasteiger partial charge in [0.1, 0.15) is 5.82 Å². The van der Waals surface area contributed by atoms with E-state index in [1.165, 1.54) is 0 Å². The van der Waals surface area contributed by atoms with Gasteiger partial charge in [0.25, 0.3) is 0 Å². The molecule has 1 rings (SSSR count). The fourth-order valence-electron chi connectivity index (χ4n) is 0.618. The van der Waals surface area contributed by atoms with Crippen LogP contribution in [0.3, 0.4) is 0 Å². The maximum atomic E-state index is 4.10.